The zero-order chi connectivity index (χ0) is 40.6. The standard InChI is InChI=1S/C46H45N7O6/c1-29-36-26-33(54)17-20-37(36)51(43(29)31-10-5-4-6-11-31)27-30-15-18-34(19-16-30)59-25-8-3-2-7-12-32-28-52(49-48-32)46(58)50-24-23-39-42-35(13-9-14-38(42)50)45(57)53(39)40-21-22-41(55)47-44(40)56/h4-6,9-11,13-20,26,28,39-40,54H,2-3,7-8,12,21-25,27H2,1H3,(H,47,55,56). The molecule has 4 amide bonds. The van der Waals surface area contributed by atoms with Gasteiger partial charge >= 0.3 is 6.03 Å². The molecule has 2 atom stereocenters. The van der Waals surface area contributed by atoms with Crippen LogP contribution in [0.3, 0.4) is 0 Å². The van der Waals surface area contributed by atoms with Crippen LogP contribution in [0.25, 0.3) is 22.2 Å². The van der Waals surface area contributed by atoms with Gasteiger partial charge in [0, 0.05) is 41.5 Å². The van der Waals surface area contributed by atoms with Gasteiger partial charge in [0.1, 0.15) is 17.5 Å². The summed E-state index contributed by atoms with van der Waals surface area (Å²) in [6.07, 6.45) is 7.08. The first-order valence-electron chi connectivity index (χ1n) is 20.4. The molecule has 2 N–H and O–H groups in total. The highest BCUT2D eigenvalue weighted by Crippen LogP contribution is 2.47. The number of fused-ring (bicyclic) bond motifs is 1. The van der Waals surface area contributed by atoms with Gasteiger partial charge in [0.15, 0.2) is 0 Å². The minimum atomic E-state index is -0.725. The van der Waals surface area contributed by atoms with Crippen molar-refractivity contribution in [2.45, 2.75) is 76.9 Å². The number of ether oxygens (including phenoxy) is 1. The van der Waals surface area contributed by atoms with Gasteiger partial charge in [-0.25, -0.2) is 4.79 Å². The largest absolute Gasteiger partial charge is 0.508 e. The lowest BCUT2D eigenvalue weighted by molar-refractivity contribution is -0.137. The fraction of sp³-hybridized carbons (Fsp3) is 0.304. The number of imide groups is 1. The number of aromatic hydroxyl groups is 1. The van der Waals surface area contributed by atoms with E-state index in [1.807, 2.05) is 48.5 Å². The molecule has 0 bridgehead atoms. The lowest BCUT2D eigenvalue weighted by Gasteiger charge is -2.38. The number of unbranched alkanes of at least 4 members (excludes halogenated alkanes) is 3. The Hall–Kier alpha value is -6.76. The monoisotopic (exact) mass is 791 g/mol. The second-order valence-corrected chi connectivity index (χ2v) is 15.6. The van der Waals surface area contributed by atoms with Crippen LogP contribution < -0.4 is 15.0 Å². The third-order valence-electron chi connectivity index (χ3n) is 11.9. The Labute approximate surface area is 341 Å². The predicted octanol–water partition coefficient (Wildman–Crippen LogP) is 7.32. The van der Waals surface area contributed by atoms with Gasteiger partial charge in [-0.2, -0.15) is 4.68 Å². The number of nitrogens with zero attached hydrogens (tertiary/aromatic N) is 6. The van der Waals surface area contributed by atoms with Crippen molar-refractivity contribution < 1.29 is 29.0 Å². The van der Waals surface area contributed by atoms with Crippen LogP contribution in [-0.4, -0.2) is 72.5 Å². The molecule has 59 heavy (non-hydrogen) atoms. The van der Waals surface area contributed by atoms with Gasteiger partial charge in [0.05, 0.1) is 35.9 Å². The van der Waals surface area contributed by atoms with Crippen molar-refractivity contribution in [3.8, 4) is 22.8 Å². The summed E-state index contributed by atoms with van der Waals surface area (Å²) in [4.78, 5) is 55.0. The summed E-state index contributed by atoms with van der Waals surface area (Å²) in [5, 5.41) is 22.0. The van der Waals surface area contributed by atoms with Gasteiger partial charge < -0.3 is 19.3 Å². The topological polar surface area (TPSA) is 152 Å². The minimum absolute atomic E-state index is 0.180. The number of aryl methyl sites for hydroxylation is 2. The van der Waals surface area contributed by atoms with E-state index in [1.54, 1.807) is 34.2 Å². The van der Waals surface area contributed by atoms with Gasteiger partial charge in [0.25, 0.3) is 5.91 Å². The highest BCUT2D eigenvalue weighted by molar-refractivity contribution is 6.08. The van der Waals surface area contributed by atoms with Gasteiger partial charge in [-0.3, -0.25) is 24.6 Å². The van der Waals surface area contributed by atoms with Crippen molar-refractivity contribution >= 4 is 40.3 Å². The fourth-order valence-corrected chi connectivity index (χ4v) is 9.00. The van der Waals surface area contributed by atoms with E-state index in [0.29, 0.717) is 43.8 Å². The van der Waals surface area contributed by atoms with Crippen LogP contribution in [0.15, 0.2) is 97.2 Å². The highest BCUT2D eigenvalue weighted by Gasteiger charge is 2.48. The van der Waals surface area contributed by atoms with Crippen LogP contribution in [-0.2, 0) is 22.6 Å². The third kappa shape index (κ3) is 7.21. The van der Waals surface area contributed by atoms with Crippen LogP contribution in [0.2, 0.25) is 0 Å². The first-order valence-corrected chi connectivity index (χ1v) is 20.4. The second kappa shape index (κ2) is 15.9. The van der Waals surface area contributed by atoms with Gasteiger partial charge in [-0.1, -0.05) is 66.6 Å². The average Bonchev–Trinajstić information content (AvgIpc) is 3.91. The lowest BCUT2D eigenvalue weighted by atomic mass is 9.94. The van der Waals surface area contributed by atoms with Crippen LogP contribution in [0, 0.1) is 6.92 Å². The number of nitrogens with one attached hydrogen (secondary N) is 1. The molecule has 1 fully saturated rings. The van der Waals surface area contributed by atoms with Crippen LogP contribution in [0.1, 0.15) is 83.7 Å². The van der Waals surface area contributed by atoms with Crippen LogP contribution >= 0.6 is 0 Å². The Bertz CT molecular complexity index is 2580. The molecule has 0 saturated carbocycles. The summed E-state index contributed by atoms with van der Waals surface area (Å²) in [5.74, 6) is 0.0530. The number of benzene rings is 4. The maximum atomic E-state index is 13.7. The van der Waals surface area contributed by atoms with Crippen molar-refractivity contribution in [1.29, 1.82) is 0 Å². The number of carbonyl (C=O) groups is 4. The van der Waals surface area contributed by atoms with E-state index in [0.717, 1.165) is 76.0 Å². The summed E-state index contributed by atoms with van der Waals surface area (Å²) >= 11 is 0. The smallest absolute Gasteiger partial charge is 0.350 e. The molecule has 3 aliphatic heterocycles. The maximum Gasteiger partial charge on any atom is 0.350 e. The number of aromatic nitrogens is 4. The molecule has 13 nitrogen and oxygen atoms in total. The Morgan fingerprint density at radius 2 is 1.71 bits per heavy atom. The van der Waals surface area contributed by atoms with Crippen molar-refractivity contribution in [1.82, 2.24) is 29.8 Å². The molecule has 0 aliphatic carbocycles. The highest BCUT2D eigenvalue weighted by atomic mass is 16.5. The SMILES string of the molecule is Cc1c(-c2ccccc2)n(Cc2ccc(OCCCCCCc3cn(C(=O)N4CCC5c6c(cccc64)C(=O)N5C4CCC(=O)NC4=O)nn3)cc2)c2ccc(O)cc12. The predicted molar refractivity (Wildman–Crippen MR) is 221 cm³/mol. The first kappa shape index (κ1) is 37.8. The zero-order valence-corrected chi connectivity index (χ0v) is 32.8. The summed E-state index contributed by atoms with van der Waals surface area (Å²) in [5.41, 5.74) is 8.23. The minimum Gasteiger partial charge on any atom is -0.508 e. The summed E-state index contributed by atoms with van der Waals surface area (Å²) in [7, 11) is 0. The zero-order valence-electron chi connectivity index (χ0n) is 32.8. The molecule has 5 heterocycles. The number of piperidine rings is 1. The number of phenols is 1. The first-order chi connectivity index (χ1) is 28.7. The van der Waals surface area contributed by atoms with E-state index in [-0.39, 0.29) is 42.5 Å². The molecule has 2 unspecified atom stereocenters. The number of hydrogen-bond acceptors (Lipinski definition) is 8. The van der Waals surface area contributed by atoms with E-state index in [2.05, 4.69) is 51.4 Å². The number of rotatable bonds is 12. The van der Waals surface area contributed by atoms with Crippen molar-refractivity contribution in [3.63, 3.8) is 0 Å². The van der Waals surface area contributed by atoms with Gasteiger partial charge in [-0.05, 0) is 98.2 Å². The third-order valence-corrected chi connectivity index (χ3v) is 11.9. The van der Waals surface area contributed by atoms with Crippen molar-refractivity contribution in [2.75, 3.05) is 18.1 Å². The van der Waals surface area contributed by atoms with Gasteiger partial charge in [-0.15, -0.1) is 5.10 Å². The summed E-state index contributed by atoms with van der Waals surface area (Å²) < 4.78 is 9.66. The van der Waals surface area contributed by atoms with E-state index in [9.17, 15) is 24.3 Å². The van der Waals surface area contributed by atoms with E-state index in [4.69, 9.17) is 4.74 Å². The van der Waals surface area contributed by atoms with Gasteiger partial charge in [0.2, 0.25) is 11.8 Å². The van der Waals surface area contributed by atoms with E-state index >= 15 is 0 Å². The normalized spacial score (nSPS) is 17.4. The molecule has 1 saturated heterocycles. The molecule has 13 heteroatoms. The van der Waals surface area contributed by atoms with Crippen molar-refractivity contribution in [3.05, 3.63) is 125 Å². The molecule has 9 rings (SSSR count). The number of anilines is 1. The lowest BCUT2D eigenvalue weighted by Crippen LogP contribution is -2.54. The fourth-order valence-electron chi connectivity index (χ4n) is 9.00. The van der Waals surface area contributed by atoms with E-state index in [1.165, 1.54) is 4.68 Å². The average molecular weight is 792 g/mol. The Morgan fingerprint density at radius 3 is 2.53 bits per heavy atom. The number of carbonyl (C=O) groups excluding carboxylic acids is 4. The van der Waals surface area contributed by atoms with Crippen LogP contribution in [0.5, 0.6) is 11.5 Å². The quantitative estimate of drug-likeness (QED) is 0.0967. The molecular weight excluding hydrogens is 747 g/mol. The Kier molecular flexibility index (Phi) is 10.2. The molecule has 0 spiro atoms. The molecule has 2 aromatic heterocycles. The Balaban J connectivity index is 0.746. The number of amides is 4. The molecule has 300 valence electrons. The second-order valence-electron chi connectivity index (χ2n) is 15.6. The number of hydrogen-bond donors (Lipinski definition) is 2. The molecule has 0 radical (unpaired) electrons. The summed E-state index contributed by atoms with van der Waals surface area (Å²) in [6, 6.07) is 28.1. The maximum absolute atomic E-state index is 13.7. The van der Waals surface area contributed by atoms with Crippen LogP contribution in [0.4, 0.5) is 10.5 Å². The molecule has 3 aliphatic rings. The van der Waals surface area contributed by atoms with Crippen molar-refractivity contribution in [2.24, 2.45) is 0 Å². The molecule has 6 aromatic rings. The Morgan fingerprint density at radius 1 is 0.898 bits per heavy atom. The molecule has 4 aromatic carbocycles. The van der Waals surface area contributed by atoms with E-state index < -0.39 is 11.9 Å². The summed E-state index contributed by atoms with van der Waals surface area (Å²) in [6.45, 7) is 3.75. The molecular formula is C46H45N7O6. The number of phenolic OH excluding ortho intramolecular Hbond substituents is 1.